The first kappa shape index (κ1) is 27.7. The van der Waals surface area contributed by atoms with E-state index in [4.69, 9.17) is 4.74 Å². The van der Waals surface area contributed by atoms with Gasteiger partial charge in [0.15, 0.2) is 0 Å². The van der Waals surface area contributed by atoms with Gasteiger partial charge in [-0.1, -0.05) is 24.3 Å². The average Bonchev–Trinajstić information content (AvgIpc) is 2.74. The number of nitrogens with zero attached hydrogens (tertiary/aromatic N) is 2. The molecule has 186 valence electrons. The fraction of sp³-hybridized carbons (Fsp3) is 0.417. The minimum atomic E-state index is -3.79. The van der Waals surface area contributed by atoms with Crippen LogP contribution in [0.5, 0.6) is 5.75 Å². The first-order valence-electron chi connectivity index (χ1n) is 10.7. The van der Waals surface area contributed by atoms with Crippen molar-refractivity contribution in [3.05, 3.63) is 58.6 Å². The summed E-state index contributed by atoms with van der Waals surface area (Å²) in [6.07, 6.45) is 1.04. The summed E-state index contributed by atoms with van der Waals surface area (Å²) in [5, 5.41) is 2.89. The maximum Gasteiger partial charge on any atom is 0.244 e. The molecule has 2 rings (SSSR count). The Morgan fingerprint density at radius 2 is 1.68 bits per heavy atom. The van der Waals surface area contributed by atoms with E-state index in [1.807, 2.05) is 20.8 Å². The summed E-state index contributed by atoms with van der Waals surface area (Å²) in [5.41, 5.74) is 0.624. The Labute approximate surface area is 210 Å². The molecule has 0 aromatic heterocycles. The number of rotatable bonds is 9. The zero-order valence-corrected chi connectivity index (χ0v) is 22.7. The van der Waals surface area contributed by atoms with Gasteiger partial charge in [0.25, 0.3) is 0 Å². The monoisotopic (exact) mass is 553 g/mol. The fourth-order valence-electron chi connectivity index (χ4n) is 3.23. The van der Waals surface area contributed by atoms with E-state index >= 15 is 0 Å². The van der Waals surface area contributed by atoms with E-state index in [2.05, 4.69) is 21.2 Å². The number of hydrogen-bond acceptors (Lipinski definition) is 5. The molecule has 1 atom stereocenters. The molecule has 0 saturated heterocycles. The lowest BCUT2D eigenvalue weighted by molar-refractivity contribution is -0.140. The molecule has 1 unspecified atom stereocenters. The highest BCUT2D eigenvalue weighted by molar-refractivity contribution is 9.10. The lowest BCUT2D eigenvalue weighted by atomic mass is 10.1. The third-order valence-corrected chi connectivity index (χ3v) is 6.77. The summed E-state index contributed by atoms with van der Waals surface area (Å²) in [6.45, 7) is 6.86. The normalized spacial score (nSPS) is 12.6. The first-order chi connectivity index (χ1) is 15.7. The number of methoxy groups -OCH3 is 1. The summed E-state index contributed by atoms with van der Waals surface area (Å²) in [4.78, 5) is 27.8. The van der Waals surface area contributed by atoms with Crippen molar-refractivity contribution >= 4 is 43.5 Å². The van der Waals surface area contributed by atoms with Gasteiger partial charge in [-0.25, -0.2) is 8.42 Å². The number of anilines is 1. The van der Waals surface area contributed by atoms with Crippen LogP contribution in [-0.4, -0.2) is 56.6 Å². The molecule has 10 heteroatoms. The molecule has 0 bridgehead atoms. The maximum absolute atomic E-state index is 13.5. The van der Waals surface area contributed by atoms with Gasteiger partial charge in [0.05, 0.1) is 19.1 Å². The van der Waals surface area contributed by atoms with Gasteiger partial charge >= 0.3 is 0 Å². The van der Waals surface area contributed by atoms with Gasteiger partial charge in [0.1, 0.15) is 18.3 Å². The third-order valence-electron chi connectivity index (χ3n) is 4.98. The summed E-state index contributed by atoms with van der Waals surface area (Å²) < 4.78 is 32.0. The van der Waals surface area contributed by atoms with Gasteiger partial charge < -0.3 is 15.0 Å². The predicted molar refractivity (Wildman–Crippen MR) is 137 cm³/mol. The highest BCUT2D eigenvalue weighted by Crippen LogP contribution is 2.28. The van der Waals surface area contributed by atoms with Gasteiger partial charge in [0.2, 0.25) is 21.8 Å². The van der Waals surface area contributed by atoms with Crippen molar-refractivity contribution in [1.29, 1.82) is 0 Å². The molecule has 0 aliphatic carbocycles. The van der Waals surface area contributed by atoms with Crippen LogP contribution in [0.15, 0.2) is 53.0 Å². The third kappa shape index (κ3) is 7.73. The standard InChI is InChI=1S/C24H32BrN3O5S/c1-17(23(30)26-24(2,3)4)27(15-18-11-13-19(33-5)14-12-18)22(29)16-28(34(6,31)32)21-10-8-7-9-20(21)25/h7-14,17H,15-16H2,1-6H3,(H,26,30). The second-order valence-electron chi connectivity index (χ2n) is 9.01. The van der Waals surface area contributed by atoms with Crippen LogP contribution in [0.4, 0.5) is 5.69 Å². The topological polar surface area (TPSA) is 96.0 Å². The average molecular weight is 555 g/mol. The van der Waals surface area contributed by atoms with Crippen molar-refractivity contribution < 1.29 is 22.7 Å². The molecule has 0 aliphatic heterocycles. The Morgan fingerprint density at radius 1 is 1.09 bits per heavy atom. The summed E-state index contributed by atoms with van der Waals surface area (Å²) in [7, 11) is -2.23. The van der Waals surface area contributed by atoms with Gasteiger partial charge in [0, 0.05) is 16.6 Å². The van der Waals surface area contributed by atoms with E-state index < -0.39 is 34.1 Å². The highest BCUT2D eigenvalue weighted by atomic mass is 79.9. The van der Waals surface area contributed by atoms with Crippen molar-refractivity contribution in [1.82, 2.24) is 10.2 Å². The lowest BCUT2D eigenvalue weighted by Gasteiger charge is -2.33. The van der Waals surface area contributed by atoms with Crippen LogP contribution in [0, 0.1) is 0 Å². The Morgan fingerprint density at radius 3 is 2.18 bits per heavy atom. The van der Waals surface area contributed by atoms with Crippen molar-refractivity contribution in [2.75, 3.05) is 24.2 Å². The number of carbonyl (C=O) groups excluding carboxylic acids is 2. The second-order valence-corrected chi connectivity index (χ2v) is 11.8. The van der Waals surface area contributed by atoms with E-state index in [9.17, 15) is 18.0 Å². The van der Waals surface area contributed by atoms with Crippen LogP contribution in [0.1, 0.15) is 33.3 Å². The van der Waals surface area contributed by atoms with E-state index in [-0.39, 0.29) is 12.5 Å². The molecule has 1 N–H and O–H groups in total. The van der Waals surface area contributed by atoms with Gasteiger partial charge in [-0.3, -0.25) is 13.9 Å². The summed E-state index contributed by atoms with van der Waals surface area (Å²) >= 11 is 3.36. The SMILES string of the molecule is COc1ccc(CN(C(=O)CN(c2ccccc2Br)S(C)(=O)=O)C(C)C(=O)NC(C)(C)C)cc1. The molecule has 8 nitrogen and oxygen atoms in total. The number of sulfonamides is 1. The Kier molecular flexibility index (Phi) is 9.13. The number of para-hydroxylation sites is 1. The Hall–Kier alpha value is -2.59. The number of amides is 2. The van der Waals surface area contributed by atoms with Crippen molar-refractivity contribution in [3.63, 3.8) is 0 Å². The molecular formula is C24H32BrN3O5S. The second kappa shape index (κ2) is 11.2. The number of carbonyl (C=O) groups is 2. The first-order valence-corrected chi connectivity index (χ1v) is 13.3. The quantitative estimate of drug-likeness (QED) is 0.512. The number of halogens is 1. The molecule has 0 fully saturated rings. The lowest BCUT2D eigenvalue weighted by Crippen LogP contribution is -2.54. The minimum absolute atomic E-state index is 0.120. The van der Waals surface area contributed by atoms with Gasteiger partial charge in [-0.15, -0.1) is 0 Å². The smallest absolute Gasteiger partial charge is 0.244 e. The van der Waals surface area contributed by atoms with E-state index in [0.29, 0.717) is 15.9 Å². The number of nitrogens with one attached hydrogen (secondary N) is 1. The number of ether oxygens (including phenoxy) is 1. The van der Waals surface area contributed by atoms with Crippen LogP contribution < -0.4 is 14.4 Å². The molecule has 0 radical (unpaired) electrons. The molecule has 0 heterocycles. The van der Waals surface area contributed by atoms with Crippen LogP contribution in [0.3, 0.4) is 0 Å². The fourth-order valence-corrected chi connectivity index (χ4v) is 4.71. The molecule has 34 heavy (non-hydrogen) atoms. The van der Waals surface area contributed by atoms with Gasteiger partial charge in [-0.2, -0.15) is 0 Å². The van der Waals surface area contributed by atoms with Crippen LogP contribution >= 0.6 is 15.9 Å². The summed E-state index contributed by atoms with van der Waals surface area (Å²) in [5.74, 6) is -0.174. The zero-order chi connectivity index (χ0) is 25.7. The van der Waals surface area contributed by atoms with Crippen LogP contribution in [0.25, 0.3) is 0 Å². The van der Waals surface area contributed by atoms with Gasteiger partial charge in [-0.05, 0) is 73.5 Å². The Balaban J connectivity index is 2.41. The molecule has 0 aliphatic rings. The van der Waals surface area contributed by atoms with E-state index in [1.165, 1.54) is 4.90 Å². The Bertz CT molecular complexity index is 1110. The molecule has 2 amide bonds. The van der Waals surface area contributed by atoms with Crippen LogP contribution in [0.2, 0.25) is 0 Å². The highest BCUT2D eigenvalue weighted by Gasteiger charge is 2.31. The largest absolute Gasteiger partial charge is 0.497 e. The molecule has 2 aromatic carbocycles. The predicted octanol–water partition coefficient (Wildman–Crippen LogP) is 3.56. The summed E-state index contributed by atoms with van der Waals surface area (Å²) in [6, 6.07) is 13.1. The number of benzene rings is 2. The molecule has 0 spiro atoms. The maximum atomic E-state index is 13.5. The van der Waals surface area contributed by atoms with E-state index in [1.54, 1.807) is 62.6 Å². The number of hydrogen-bond donors (Lipinski definition) is 1. The molecular weight excluding hydrogens is 522 g/mol. The van der Waals surface area contributed by atoms with Crippen LogP contribution in [-0.2, 0) is 26.2 Å². The molecule has 2 aromatic rings. The molecule has 0 saturated carbocycles. The zero-order valence-electron chi connectivity index (χ0n) is 20.3. The van der Waals surface area contributed by atoms with Crippen molar-refractivity contribution in [3.8, 4) is 5.75 Å². The van der Waals surface area contributed by atoms with Crippen molar-refractivity contribution in [2.45, 2.75) is 45.8 Å². The van der Waals surface area contributed by atoms with E-state index in [0.717, 1.165) is 16.1 Å². The minimum Gasteiger partial charge on any atom is -0.497 e. The van der Waals surface area contributed by atoms with Crippen molar-refractivity contribution in [2.24, 2.45) is 0 Å².